The Morgan fingerprint density at radius 1 is 1.58 bits per heavy atom. The molecular weight excluding hydrogens is 178 g/mol. The third kappa shape index (κ3) is 2.23. The van der Waals surface area contributed by atoms with Gasteiger partial charge in [-0.05, 0) is 25.4 Å². The Balaban J connectivity index is 2.90. The highest BCUT2D eigenvalue weighted by Crippen LogP contribution is 2.20. The summed E-state index contributed by atoms with van der Waals surface area (Å²) in [4.78, 5) is 7.42. The average molecular weight is 188 g/mol. The molecule has 0 saturated heterocycles. The summed E-state index contributed by atoms with van der Waals surface area (Å²) in [5, 5.41) is 12.3. The van der Waals surface area contributed by atoms with Gasteiger partial charge in [-0.2, -0.15) is 4.98 Å². The number of aromatic nitrogens is 2. The molecule has 66 valence electrons. The van der Waals surface area contributed by atoms with Crippen LogP contribution in [-0.4, -0.2) is 21.1 Å². The van der Waals surface area contributed by atoms with E-state index < -0.39 is 0 Å². The molecule has 0 amide bonds. The van der Waals surface area contributed by atoms with Crippen molar-refractivity contribution < 1.29 is 5.11 Å². The Bertz CT molecular complexity index is 277. The van der Waals surface area contributed by atoms with E-state index in [1.165, 1.54) is 6.20 Å². The first kappa shape index (κ1) is 9.06. The number of hydrogen-bond acceptors (Lipinski definition) is 4. The predicted octanol–water partition coefficient (Wildman–Crippen LogP) is 1.66. The zero-order chi connectivity index (χ0) is 9.14. The Hall–Kier alpha value is -1.03. The van der Waals surface area contributed by atoms with Gasteiger partial charge in [-0.1, -0.05) is 0 Å². The Kier molecular flexibility index (Phi) is 2.70. The summed E-state index contributed by atoms with van der Waals surface area (Å²) in [7, 11) is 0. The minimum Gasteiger partial charge on any atom is -0.503 e. The van der Waals surface area contributed by atoms with E-state index in [1.807, 2.05) is 13.8 Å². The number of aromatic hydroxyl groups is 1. The first-order valence-corrected chi connectivity index (χ1v) is 3.95. The lowest BCUT2D eigenvalue weighted by molar-refractivity contribution is 0.471. The van der Waals surface area contributed by atoms with Gasteiger partial charge in [0.2, 0.25) is 5.28 Å². The Morgan fingerprint density at radius 3 is 2.83 bits per heavy atom. The largest absolute Gasteiger partial charge is 0.503 e. The van der Waals surface area contributed by atoms with Crippen LogP contribution >= 0.6 is 11.6 Å². The van der Waals surface area contributed by atoms with Crippen LogP contribution in [0, 0.1) is 0 Å². The monoisotopic (exact) mass is 187 g/mol. The molecule has 0 spiro atoms. The van der Waals surface area contributed by atoms with Crippen LogP contribution in [0.25, 0.3) is 0 Å². The molecule has 0 aliphatic rings. The summed E-state index contributed by atoms with van der Waals surface area (Å²) >= 11 is 5.53. The fraction of sp³-hybridized carbons (Fsp3) is 0.429. The molecule has 1 aromatic heterocycles. The third-order valence-electron chi connectivity index (χ3n) is 1.17. The fourth-order valence-corrected chi connectivity index (χ4v) is 0.867. The smallest absolute Gasteiger partial charge is 0.224 e. The highest BCUT2D eigenvalue weighted by Gasteiger charge is 2.04. The minimum absolute atomic E-state index is 0.00750. The Labute approximate surface area is 75.6 Å². The van der Waals surface area contributed by atoms with E-state index in [9.17, 15) is 5.11 Å². The second-order valence-electron chi connectivity index (χ2n) is 2.67. The average Bonchev–Trinajstić information content (AvgIpc) is 1.96. The molecule has 0 unspecified atom stereocenters. The van der Waals surface area contributed by atoms with Crippen LogP contribution in [0.3, 0.4) is 0 Å². The van der Waals surface area contributed by atoms with Gasteiger partial charge in [0, 0.05) is 6.04 Å². The molecule has 1 rings (SSSR count). The minimum atomic E-state index is 0.00750. The van der Waals surface area contributed by atoms with E-state index in [2.05, 4.69) is 15.3 Å². The molecule has 0 radical (unpaired) electrons. The van der Waals surface area contributed by atoms with Crippen LogP contribution in [-0.2, 0) is 0 Å². The summed E-state index contributed by atoms with van der Waals surface area (Å²) in [6.45, 7) is 3.88. The molecule has 0 aliphatic heterocycles. The number of rotatable bonds is 2. The highest BCUT2D eigenvalue weighted by atomic mass is 35.5. The molecule has 1 aromatic rings. The number of halogens is 1. The van der Waals surface area contributed by atoms with Gasteiger partial charge in [-0.3, -0.25) is 0 Å². The maximum atomic E-state index is 9.24. The van der Waals surface area contributed by atoms with Crippen molar-refractivity contribution in [3.05, 3.63) is 11.5 Å². The lowest BCUT2D eigenvalue weighted by Crippen LogP contribution is -2.11. The van der Waals surface area contributed by atoms with Gasteiger partial charge in [0.25, 0.3) is 0 Å². The lowest BCUT2D eigenvalue weighted by Gasteiger charge is -2.09. The molecule has 0 aromatic carbocycles. The summed E-state index contributed by atoms with van der Waals surface area (Å²) in [6, 6.07) is 0.196. The van der Waals surface area contributed by atoms with Gasteiger partial charge in [0.05, 0.1) is 6.20 Å². The fourth-order valence-electron chi connectivity index (χ4n) is 0.734. The SMILES string of the molecule is CC(C)Nc1nc(Cl)ncc1O. The van der Waals surface area contributed by atoms with Gasteiger partial charge >= 0.3 is 0 Å². The topological polar surface area (TPSA) is 58.0 Å². The standard InChI is InChI=1S/C7H10ClN3O/c1-4(2)10-6-5(12)3-9-7(8)11-6/h3-4,12H,1-2H3,(H,9,10,11). The van der Waals surface area contributed by atoms with Crippen molar-refractivity contribution in [2.75, 3.05) is 5.32 Å². The van der Waals surface area contributed by atoms with Gasteiger partial charge in [-0.25, -0.2) is 4.98 Å². The molecule has 1 heterocycles. The zero-order valence-electron chi connectivity index (χ0n) is 6.87. The van der Waals surface area contributed by atoms with Crippen LogP contribution in [0.15, 0.2) is 6.20 Å². The van der Waals surface area contributed by atoms with Crippen LogP contribution in [0.2, 0.25) is 5.28 Å². The van der Waals surface area contributed by atoms with Crippen LogP contribution < -0.4 is 5.32 Å². The van der Waals surface area contributed by atoms with E-state index in [-0.39, 0.29) is 17.1 Å². The van der Waals surface area contributed by atoms with E-state index in [1.54, 1.807) is 0 Å². The van der Waals surface area contributed by atoms with E-state index >= 15 is 0 Å². The number of hydrogen-bond donors (Lipinski definition) is 2. The van der Waals surface area contributed by atoms with Crippen LogP contribution in [0.5, 0.6) is 5.75 Å². The van der Waals surface area contributed by atoms with Crippen molar-refractivity contribution in [1.82, 2.24) is 9.97 Å². The molecule has 5 heteroatoms. The van der Waals surface area contributed by atoms with Crippen molar-refractivity contribution in [1.29, 1.82) is 0 Å². The maximum absolute atomic E-state index is 9.24. The molecule has 0 aliphatic carbocycles. The summed E-state index contributed by atoms with van der Waals surface area (Å²) in [6.07, 6.45) is 1.26. The summed E-state index contributed by atoms with van der Waals surface area (Å²) < 4.78 is 0. The molecular formula is C7H10ClN3O. The molecule has 2 N–H and O–H groups in total. The van der Waals surface area contributed by atoms with E-state index in [4.69, 9.17) is 11.6 Å². The van der Waals surface area contributed by atoms with E-state index in [0.717, 1.165) is 0 Å². The van der Waals surface area contributed by atoms with Gasteiger partial charge in [0.1, 0.15) is 0 Å². The molecule has 0 fully saturated rings. The van der Waals surface area contributed by atoms with Gasteiger partial charge < -0.3 is 10.4 Å². The maximum Gasteiger partial charge on any atom is 0.224 e. The van der Waals surface area contributed by atoms with Crippen molar-refractivity contribution in [2.45, 2.75) is 19.9 Å². The van der Waals surface area contributed by atoms with Gasteiger partial charge in [-0.15, -0.1) is 0 Å². The van der Waals surface area contributed by atoms with Crippen molar-refractivity contribution in [2.24, 2.45) is 0 Å². The first-order chi connectivity index (χ1) is 5.59. The van der Waals surface area contributed by atoms with Crippen molar-refractivity contribution in [3.63, 3.8) is 0 Å². The normalized spacial score (nSPS) is 10.3. The predicted molar refractivity (Wildman–Crippen MR) is 47.5 cm³/mol. The third-order valence-corrected chi connectivity index (χ3v) is 1.35. The number of anilines is 1. The first-order valence-electron chi connectivity index (χ1n) is 3.57. The Morgan fingerprint density at radius 2 is 2.25 bits per heavy atom. The molecule has 0 saturated carbocycles. The van der Waals surface area contributed by atoms with Crippen LogP contribution in [0.1, 0.15) is 13.8 Å². The number of nitrogens with one attached hydrogen (secondary N) is 1. The second-order valence-corrected chi connectivity index (χ2v) is 3.01. The van der Waals surface area contributed by atoms with Crippen molar-refractivity contribution >= 4 is 17.4 Å². The van der Waals surface area contributed by atoms with E-state index in [0.29, 0.717) is 5.82 Å². The van der Waals surface area contributed by atoms with Crippen LogP contribution in [0.4, 0.5) is 5.82 Å². The second kappa shape index (κ2) is 3.58. The molecule has 0 atom stereocenters. The lowest BCUT2D eigenvalue weighted by atomic mass is 10.4. The number of nitrogens with zero attached hydrogens (tertiary/aromatic N) is 2. The molecule has 12 heavy (non-hydrogen) atoms. The van der Waals surface area contributed by atoms with Gasteiger partial charge in [0.15, 0.2) is 11.6 Å². The molecule has 4 nitrogen and oxygen atoms in total. The summed E-state index contributed by atoms with van der Waals surface area (Å²) in [5.41, 5.74) is 0. The quantitative estimate of drug-likeness (QED) is 0.692. The summed E-state index contributed by atoms with van der Waals surface area (Å²) in [5.74, 6) is 0.373. The zero-order valence-corrected chi connectivity index (χ0v) is 7.63. The van der Waals surface area contributed by atoms with Crippen molar-refractivity contribution in [3.8, 4) is 5.75 Å². The highest BCUT2D eigenvalue weighted by molar-refractivity contribution is 6.28. The molecule has 0 bridgehead atoms.